The van der Waals surface area contributed by atoms with E-state index < -0.39 is 0 Å². The van der Waals surface area contributed by atoms with Gasteiger partial charge in [-0.1, -0.05) is 0 Å². The molecule has 5 heteroatoms. The Morgan fingerprint density at radius 2 is 2.38 bits per heavy atom. The van der Waals surface area contributed by atoms with Gasteiger partial charge in [0, 0.05) is 37.3 Å². The standard InChI is InChI=1S/C11H19N3OS/c1-9(15)8-13-10-2-5-14(6-3-10)11-12-4-7-16-11/h4,7,9-10,13,15H,2-3,5-6,8H2,1H3/t9-/m1/s1. The van der Waals surface area contributed by atoms with Crippen molar-refractivity contribution in [2.75, 3.05) is 24.5 Å². The number of aromatic nitrogens is 1. The Hall–Kier alpha value is -0.650. The van der Waals surface area contributed by atoms with Gasteiger partial charge in [0.15, 0.2) is 5.13 Å². The summed E-state index contributed by atoms with van der Waals surface area (Å²) in [6, 6.07) is 0.547. The molecule has 0 radical (unpaired) electrons. The summed E-state index contributed by atoms with van der Waals surface area (Å²) in [4.78, 5) is 6.66. The van der Waals surface area contributed by atoms with E-state index in [2.05, 4.69) is 15.2 Å². The van der Waals surface area contributed by atoms with Gasteiger partial charge < -0.3 is 15.3 Å². The minimum atomic E-state index is -0.253. The summed E-state index contributed by atoms with van der Waals surface area (Å²) in [5.74, 6) is 0. The molecule has 1 aliphatic rings. The first-order chi connectivity index (χ1) is 7.75. The maximum atomic E-state index is 9.20. The van der Waals surface area contributed by atoms with Gasteiger partial charge in [-0.05, 0) is 19.8 Å². The Kier molecular flexibility index (Phi) is 4.15. The molecular formula is C11H19N3OS. The van der Waals surface area contributed by atoms with Crippen LogP contribution in [0.4, 0.5) is 5.13 Å². The number of nitrogens with one attached hydrogen (secondary N) is 1. The Morgan fingerprint density at radius 1 is 1.62 bits per heavy atom. The van der Waals surface area contributed by atoms with Crippen LogP contribution >= 0.6 is 11.3 Å². The Morgan fingerprint density at radius 3 is 2.94 bits per heavy atom. The number of thiazole rings is 1. The van der Waals surface area contributed by atoms with Crippen molar-refractivity contribution in [1.82, 2.24) is 10.3 Å². The zero-order chi connectivity index (χ0) is 11.4. The second kappa shape index (κ2) is 5.61. The van der Waals surface area contributed by atoms with Crippen molar-refractivity contribution in [3.05, 3.63) is 11.6 Å². The van der Waals surface area contributed by atoms with E-state index in [4.69, 9.17) is 0 Å². The third-order valence-electron chi connectivity index (χ3n) is 2.89. The summed E-state index contributed by atoms with van der Waals surface area (Å²) >= 11 is 1.70. The van der Waals surface area contributed by atoms with Gasteiger partial charge in [0.1, 0.15) is 0 Å². The number of anilines is 1. The molecule has 0 saturated carbocycles. The third kappa shape index (κ3) is 3.17. The first kappa shape index (κ1) is 11.8. The molecule has 0 spiro atoms. The average molecular weight is 241 g/mol. The van der Waals surface area contributed by atoms with Crippen LogP contribution in [0.3, 0.4) is 0 Å². The van der Waals surface area contributed by atoms with Crippen molar-refractivity contribution in [2.45, 2.75) is 31.9 Å². The van der Waals surface area contributed by atoms with Crippen LogP contribution in [-0.2, 0) is 0 Å². The number of nitrogens with zero attached hydrogens (tertiary/aromatic N) is 2. The van der Waals surface area contributed by atoms with Crippen molar-refractivity contribution >= 4 is 16.5 Å². The zero-order valence-electron chi connectivity index (χ0n) is 9.59. The largest absolute Gasteiger partial charge is 0.392 e. The first-order valence-electron chi connectivity index (χ1n) is 5.81. The molecule has 1 aromatic rings. The number of piperidine rings is 1. The number of hydrogen-bond donors (Lipinski definition) is 2. The van der Waals surface area contributed by atoms with E-state index in [9.17, 15) is 5.11 Å². The molecule has 0 bridgehead atoms. The lowest BCUT2D eigenvalue weighted by Crippen LogP contribution is -2.44. The predicted molar refractivity (Wildman–Crippen MR) is 67.0 cm³/mol. The molecular weight excluding hydrogens is 222 g/mol. The van der Waals surface area contributed by atoms with Gasteiger partial charge in [-0.15, -0.1) is 11.3 Å². The van der Waals surface area contributed by atoms with Crippen LogP contribution in [0.1, 0.15) is 19.8 Å². The molecule has 2 rings (SSSR count). The fourth-order valence-corrected chi connectivity index (χ4v) is 2.68. The fourth-order valence-electron chi connectivity index (χ4n) is 1.98. The highest BCUT2D eigenvalue weighted by Crippen LogP contribution is 2.21. The van der Waals surface area contributed by atoms with E-state index in [0.29, 0.717) is 12.6 Å². The summed E-state index contributed by atoms with van der Waals surface area (Å²) in [5.41, 5.74) is 0. The second-order valence-electron chi connectivity index (χ2n) is 4.33. The van der Waals surface area contributed by atoms with Crippen molar-refractivity contribution in [3.63, 3.8) is 0 Å². The van der Waals surface area contributed by atoms with E-state index in [1.165, 1.54) is 0 Å². The van der Waals surface area contributed by atoms with Crippen molar-refractivity contribution in [1.29, 1.82) is 0 Å². The molecule has 16 heavy (non-hydrogen) atoms. The maximum Gasteiger partial charge on any atom is 0.185 e. The summed E-state index contributed by atoms with van der Waals surface area (Å²) in [6.07, 6.45) is 3.87. The van der Waals surface area contributed by atoms with Gasteiger partial charge in [0.2, 0.25) is 0 Å². The maximum absolute atomic E-state index is 9.20. The van der Waals surface area contributed by atoms with Crippen LogP contribution < -0.4 is 10.2 Å². The Bertz CT molecular complexity index is 294. The lowest BCUT2D eigenvalue weighted by Gasteiger charge is -2.32. The number of rotatable bonds is 4. The fraction of sp³-hybridized carbons (Fsp3) is 0.727. The molecule has 1 aromatic heterocycles. The zero-order valence-corrected chi connectivity index (χ0v) is 10.4. The summed E-state index contributed by atoms with van der Waals surface area (Å²) in [7, 11) is 0. The van der Waals surface area contributed by atoms with Gasteiger partial charge in [0.05, 0.1) is 6.10 Å². The van der Waals surface area contributed by atoms with Crippen molar-refractivity contribution in [3.8, 4) is 0 Å². The monoisotopic (exact) mass is 241 g/mol. The highest BCUT2D eigenvalue weighted by Gasteiger charge is 2.20. The SMILES string of the molecule is C[C@@H](O)CNC1CCN(c2nccs2)CC1. The molecule has 1 saturated heterocycles. The summed E-state index contributed by atoms with van der Waals surface area (Å²) in [5, 5.41) is 15.8. The van der Waals surface area contributed by atoms with Crippen LogP contribution in [0.25, 0.3) is 0 Å². The predicted octanol–water partition coefficient (Wildman–Crippen LogP) is 1.08. The van der Waals surface area contributed by atoms with Crippen LogP contribution in [0, 0.1) is 0 Å². The van der Waals surface area contributed by atoms with E-state index in [1.807, 2.05) is 18.5 Å². The molecule has 0 aliphatic carbocycles. The molecule has 1 fully saturated rings. The lowest BCUT2D eigenvalue weighted by atomic mass is 10.1. The topological polar surface area (TPSA) is 48.4 Å². The lowest BCUT2D eigenvalue weighted by molar-refractivity contribution is 0.183. The highest BCUT2D eigenvalue weighted by atomic mass is 32.1. The minimum Gasteiger partial charge on any atom is -0.392 e. The smallest absolute Gasteiger partial charge is 0.185 e. The highest BCUT2D eigenvalue weighted by molar-refractivity contribution is 7.13. The minimum absolute atomic E-state index is 0.253. The van der Waals surface area contributed by atoms with Gasteiger partial charge in [-0.2, -0.15) is 0 Å². The van der Waals surface area contributed by atoms with E-state index >= 15 is 0 Å². The molecule has 90 valence electrons. The normalized spacial score (nSPS) is 20.0. The molecule has 0 amide bonds. The first-order valence-corrected chi connectivity index (χ1v) is 6.69. The Labute approximate surface area is 100 Å². The molecule has 2 heterocycles. The number of hydrogen-bond acceptors (Lipinski definition) is 5. The Balaban J connectivity index is 1.74. The van der Waals surface area contributed by atoms with Gasteiger partial charge >= 0.3 is 0 Å². The molecule has 1 aliphatic heterocycles. The molecule has 2 N–H and O–H groups in total. The number of aliphatic hydroxyl groups excluding tert-OH is 1. The van der Waals surface area contributed by atoms with Gasteiger partial charge in [0.25, 0.3) is 0 Å². The van der Waals surface area contributed by atoms with Crippen LogP contribution in [0.15, 0.2) is 11.6 Å². The second-order valence-corrected chi connectivity index (χ2v) is 5.21. The van der Waals surface area contributed by atoms with Crippen LogP contribution in [0.2, 0.25) is 0 Å². The van der Waals surface area contributed by atoms with Crippen LogP contribution in [-0.4, -0.2) is 41.9 Å². The summed E-state index contributed by atoms with van der Waals surface area (Å²) < 4.78 is 0. The van der Waals surface area contributed by atoms with Crippen LogP contribution in [0.5, 0.6) is 0 Å². The summed E-state index contributed by atoms with van der Waals surface area (Å²) in [6.45, 7) is 4.63. The molecule has 0 unspecified atom stereocenters. The van der Waals surface area contributed by atoms with E-state index in [-0.39, 0.29) is 6.10 Å². The third-order valence-corrected chi connectivity index (χ3v) is 3.72. The quantitative estimate of drug-likeness (QED) is 0.828. The molecule has 0 aromatic carbocycles. The number of aliphatic hydroxyl groups is 1. The van der Waals surface area contributed by atoms with Crippen molar-refractivity contribution < 1.29 is 5.11 Å². The molecule has 1 atom stereocenters. The van der Waals surface area contributed by atoms with Crippen molar-refractivity contribution in [2.24, 2.45) is 0 Å². The van der Waals surface area contributed by atoms with Gasteiger partial charge in [-0.25, -0.2) is 4.98 Å². The molecule has 4 nitrogen and oxygen atoms in total. The van der Waals surface area contributed by atoms with E-state index in [1.54, 1.807) is 11.3 Å². The van der Waals surface area contributed by atoms with Gasteiger partial charge in [-0.3, -0.25) is 0 Å². The average Bonchev–Trinajstić information content (AvgIpc) is 2.80. The van der Waals surface area contributed by atoms with E-state index in [0.717, 1.165) is 31.1 Å².